The van der Waals surface area contributed by atoms with Gasteiger partial charge in [-0.25, -0.2) is 0 Å². The van der Waals surface area contributed by atoms with Gasteiger partial charge in [0.1, 0.15) is 0 Å². The van der Waals surface area contributed by atoms with E-state index < -0.39 is 0 Å². The number of nitrogens with zero attached hydrogens (tertiary/aromatic N) is 2. The number of hydrogen-bond donors (Lipinski definition) is 1. The van der Waals surface area contributed by atoms with Crippen LogP contribution in [-0.4, -0.2) is 36.1 Å². The fourth-order valence-electron chi connectivity index (χ4n) is 2.23. The molecule has 1 aromatic rings. The molecule has 0 radical (unpaired) electrons. The van der Waals surface area contributed by atoms with Gasteiger partial charge >= 0.3 is 0 Å². The van der Waals surface area contributed by atoms with Crippen molar-refractivity contribution in [2.75, 3.05) is 20.3 Å². The fourth-order valence-corrected chi connectivity index (χ4v) is 2.23. The van der Waals surface area contributed by atoms with Crippen LogP contribution in [0.4, 0.5) is 0 Å². The second-order valence-electron chi connectivity index (χ2n) is 4.70. The van der Waals surface area contributed by atoms with Crippen molar-refractivity contribution >= 4 is 0 Å². The number of methoxy groups -OCH3 is 1. The number of ether oxygens (including phenoxy) is 1. The number of aromatic nitrogens is 2. The Morgan fingerprint density at radius 1 is 1.44 bits per heavy atom. The average Bonchev–Trinajstić information content (AvgIpc) is 2.71. The van der Waals surface area contributed by atoms with Gasteiger partial charge in [-0.2, -0.15) is 5.10 Å². The molecular weight excluding hydrogens is 226 g/mol. The molecule has 1 aromatic heterocycles. The van der Waals surface area contributed by atoms with Crippen molar-refractivity contribution < 1.29 is 4.74 Å². The highest BCUT2D eigenvalue weighted by atomic mass is 16.5. The van der Waals surface area contributed by atoms with E-state index in [1.54, 1.807) is 7.11 Å². The maximum Gasteiger partial charge on any atom is 0.0624 e. The normalized spacial score (nSPS) is 12.9. The molecule has 0 aliphatic heterocycles. The Morgan fingerprint density at radius 2 is 2.22 bits per heavy atom. The summed E-state index contributed by atoms with van der Waals surface area (Å²) in [5.41, 5.74) is 2.50. The zero-order valence-corrected chi connectivity index (χ0v) is 12.2. The molecule has 1 rings (SSSR count). The van der Waals surface area contributed by atoms with Crippen molar-refractivity contribution in [3.05, 3.63) is 17.5 Å². The van der Waals surface area contributed by atoms with E-state index in [0.29, 0.717) is 6.04 Å². The van der Waals surface area contributed by atoms with Crippen LogP contribution in [0, 0.1) is 0 Å². The quantitative estimate of drug-likeness (QED) is 0.684. The first kappa shape index (κ1) is 15.2. The van der Waals surface area contributed by atoms with Gasteiger partial charge in [0.2, 0.25) is 0 Å². The zero-order chi connectivity index (χ0) is 13.4. The highest BCUT2D eigenvalue weighted by Gasteiger charge is 2.12. The Bertz CT molecular complexity index is 336. The van der Waals surface area contributed by atoms with Crippen LogP contribution < -0.4 is 5.32 Å². The van der Waals surface area contributed by atoms with Crippen LogP contribution >= 0.6 is 0 Å². The Morgan fingerprint density at radius 3 is 2.78 bits per heavy atom. The van der Waals surface area contributed by atoms with Gasteiger partial charge in [0.25, 0.3) is 0 Å². The topological polar surface area (TPSA) is 39.1 Å². The van der Waals surface area contributed by atoms with Crippen molar-refractivity contribution in [1.82, 2.24) is 15.1 Å². The summed E-state index contributed by atoms with van der Waals surface area (Å²) in [5.74, 6) is 0. The minimum absolute atomic E-state index is 0.519. The van der Waals surface area contributed by atoms with Crippen molar-refractivity contribution in [1.29, 1.82) is 0 Å². The maximum atomic E-state index is 5.12. The summed E-state index contributed by atoms with van der Waals surface area (Å²) in [6, 6.07) is 2.74. The maximum absolute atomic E-state index is 5.12. The summed E-state index contributed by atoms with van der Waals surface area (Å²) in [6.07, 6.45) is 4.30. The SMILES string of the molecule is CCNC(CCCOC)Cc1cc(CC)nn1C. The molecule has 0 fully saturated rings. The van der Waals surface area contributed by atoms with Crippen molar-refractivity contribution in [3.63, 3.8) is 0 Å². The zero-order valence-electron chi connectivity index (χ0n) is 12.2. The van der Waals surface area contributed by atoms with E-state index in [1.807, 2.05) is 11.7 Å². The van der Waals surface area contributed by atoms with Crippen molar-refractivity contribution in [3.8, 4) is 0 Å². The molecule has 0 amide bonds. The van der Waals surface area contributed by atoms with Crippen molar-refractivity contribution in [2.24, 2.45) is 7.05 Å². The summed E-state index contributed by atoms with van der Waals surface area (Å²) in [4.78, 5) is 0. The van der Waals surface area contributed by atoms with Crippen LogP contribution in [0.15, 0.2) is 6.07 Å². The Balaban J connectivity index is 2.55. The third kappa shape index (κ3) is 4.78. The minimum atomic E-state index is 0.519. The number of nitrogens with one attached hydrogen (secondary N) is 1. The molecule has 0 aliphatic carbocycles. The van der Waals surface area contributed by atoms with E-state index in [2.05, 4.69) is 30.3 Å². The van der Waals surface area contributed by atoms with E-state index >= 15 is 0 Å². The third-order valence-electron chi connectivity index (χ3n) is 3.24. The summed E-state index contributed by atoms with van der Waals surface area (Å²) >= 11 is 0. The monoisotopic (exact) mass is 253 g/mol. The number of likely N-dealkylation sites (N-methyl/N-ethyl adjacent to an activating group) is 1. The van der Waals surface area contributed by atoms with Gasteiger partial charge in [0, 0.05) is 38.9 Å². The molecule has 0 saturated carbocycles. The molecular formula is C14H27N3O. The largest absolute Gasteiger partial charge is 0.385 e. The van der Waals surface area contributed by atoms with Gasteiger partial charge in [-0.3, -0.25) is 4.68 Å². The van der Waals surface area contributed by atoms with Gasteiger partial charge in [-0.05, 0) is 31.9 Å². The van der Waals surface area contributed by atoms with Crippen LogP contribution in [0.25, 0.3) is 0 Å². The predicted molar refractivity (Wildman–Crippen MR) is 74.9 cm³/mol. The first-order chi connectivity index (χ1) is 8.71. The molecule has 4 heteroatoms. The number of aryl methyl sites for hydroxylation is 2. The van der Waals surface area contributed by atoms with Crippen LogP contribution in [0.3, 0.4) is 0 Å². The highest BCUT2D eigenvalue weighted by molar-refractivity contribution is 5.11. The molecule has 4 nitrogen and oxygen atoms in total. The molecule has 18 heavy (non-hydrogen) atoms. The van der Waals surface area contributed by atoms with Gasteiger partial charge in [0.15, 0.2) is 0 Å². The second-order valence-corrected chi connectivity index (χ2v) is 4.70. The number of rotatable bonds is 9. The first-order valence-electron chi connectivity index (χ1n) is 6.95. The van der Waals surface area contributed by atoms with E-state index in [9.17, 15) is 0 Å². The average molecular weight is 253 g/mol. The molecule has 1 heterocycles. The second kappa shape index (κ2) is 8.27. The lowest BCUT2D eigenvalue weighted by atomic mass is 10.1. The summed E-state index contributed by atoms with van der Waals surface area (Å²) in [7, 11) is 3.80. The third-order valence-corrected chi connectivity index (χ3v) is 3.24. The molecule has 1 N–H and O–H groups in total. The molecule has 0 aromatic carbocycles. The van der Waals surface area contributed by atoms with Crippen LogP contribution in [0.2, 0.25) is 0 Å². The molecule has 0 bridgehead atoms. The summed E-state index contributed by atoms with van der Waals surface area (Å²) in [5, 5.41) is 8.05. The number of hydrogen-bond acceptors (Lipinski definition) is 3. The van der Waals surface area contributed by atoms with Crippen LogP contribution in [0.5, 0.6) is 0 Å². The van der Waals surface area contributed by atoms with E-state index in [4.69, 9.17) is 4.74 Å². The van der Waals surface area contributed by atoms with Crippen LogP contribution in [-0.2, 0) is 24.6 Å². The summed E-state index contributed by atoms with van der Waals surface area (Å²) in [6.45, 7) is 6.15. The minimum Gasteiger partial charge on any atom is -0.385 e. The molecule has 1 unspecified atom stereocenters. The smallest absolute Gasteiger partial charge is 0.0624 e. The molecule has 0 spiro atoms. The lowest BCUT2D eigenvalue weighted by molar-refractivity contribution is 0.188. The Labute approximate surface area is 111 Å². The van der Waals surface area contributed by atoms with Gasteiger partial charge in [-0.15, -0.1) is 0 Å². The molecule has 1 atom stereocenters. The van der Waals surface area contributed by atoms with Gasteiger partial charge in [0.05, 0.1) is 5.69 Å². The fraction of sp³-hybridized carbons (Fsp3) is 0.786. The Kier molecular flexibility index (Phi) is 6.98. The van der Waals surface area contributed by atoms with E-state index in [-0.39, 0.29) is 0 Å². The lowest BCUT2D eigenvalue weighted by Gasteiger charge is -2.17. The molecule has 0 aliphatic rings. The highest BCUT2D eigenvalue weighted by Crippen LogP contribution is 2.10. The van der Waals surface area contributed by atoms with E-state index in [1.165, 1.54) is 11.4 Å². The first-order valence-corrected chi connectivity index (χ1v) is 6.95. The van der Waals surface area contributed by atoms with E-state index in [0.717, 1.165) is 38.8 Å². The molecule has 104 valence electrons. The van der Waals surface area contributed by atoms with Crippen molar-refractivity contribution in [2.45, 2.75) is 45.6 Å². The van der Waals surface area contributed by atoms with Crippen LogP contribution in [0.1, 0.15) is 38.1 Å². The van der Waals surface area contributed by atoms with Gasteiger partial charge < -0.3 is 10.1 Å². The van der Waals surface area contributed by atoms with Gasteiger partial charge in [-0.1, -0.05) is 13.8 Å². The standard InChI is InChI=1S/C14H27N3O/c1-5-12-10-14(17(3)16-12)11-13(15-6-2)8-7-9-18-4/h10,13,15H,5-9,11H2,1-4H3. The predicted octanol–water partition coefficient (Wildman–Crippen LogP) is 1.93. The summed E-state index contributed by atoms with van der Waals surface area (Å²) < 4.78 is 7.13. The molecule has 0 saturated heterocycles. The lowest BCUT2D eigenvalue weighted by Crippen LogP contribution is -2.31. The Hall–Kier alpha value is -0.870.